The van der Waals surface area contributed by atoms with Gasteiger partial charge in [0.15, 0.2) is 0 Å². The van der Waals surface area contributed by atoms with Crippen molar-refractivity contribution < 1.29 is 4.74 Å². The third-order valence-electron chi connectivity index (χ3n) is 3.60. The second kappa shape index (κ2) is 3.02. The SMILES string of the molecule is CCCCC1CCC2(C)OC2C1. The van der Waals surface area contributed by atoms with Crippen LogP contribution in [0.25, 0.3) is 0 Å². The molecule has 1 saturated heterocycles. The molecule has 0 N–H and O–H groups in total. The number of fused-ring (bicyclic) bond motifs is 1. The van der Waals surface area contributed by atoms with E-state index < -0.39 is 0 Å². The van der Waals surface area contributed by atoms with Crippen LogP contribution in [0.4, 0.5) is 0 Å². The second-order valence-electron chi connectivity index (χ2n) is 4.70. The van der Waals surface area contributed by atoms with Crippen LogP contribution in [0.5, 0.6) is 0 Å². The highest BCUT2D eigenvalue weighted by atomic mass is 16.6. The first-order valence-corrected chi connectivity index (χ1v) is 5.42. The Morgan fingerprint density at radius 1 is 1.50 bits per heavy atom. The number of ether oxygens (including phenoxy) is 1. The first kappa shape index (κ1) is 8.55. The van der Waals surface area contributed by atoms with Gasteiger partial charge in [0.25, 0.3) is 0 Å². The van der Waals surface area contributed by atoms with Crippen LogP contribution in [-0.4, -0.2) is 11.7 Å². The van der Waals surface area contributed by atoms with Crippen molar-refractivity contribution in [3.63, 3.8) is 0 Å². The molecule has 0 amide bonds. The third kappa shape index (κ3) is 1.52. The zero-order valence-electron chi connectivity index (χ0n) is 8.31. The molecule has 1 aliphatic heterocycles. The number of hydrogen-bond donors (Lipinski definition) is 0. The lowest BCUT2D eigenvalue weighted by atomic mass is 9.81. The van der Waals surface area contributed by atoms with Crippen LogP contribution in [0.15, 0.2) is 0 Å². The highest BCUT2D eigenvalue weighted by Gasteiger charge is 2.54. The fourth-order valence-electron chi connectivity index (χ4n) is 2.47. The minimum absolute atomic E-state index is 0.322. The van der Waals surface area contributed by atoms with Gasteiger partial charge in [-0.1, -0.05) is 26.2 Å². The second-order valence-corrected chi connectivity index (χ2v) is 4.70. The molecule has 70 valence electrons. The molecule has 0 spiro atoms. The van der Waals surface area contributed by atoms with Crippen molar-refractivity contribution >= 4 is 0 Å². The zero-order chi connectivity index (χ0) is 8.60. The monoisotopic (exact) mass is 168 g/mol. The van der Waals surface area contributed by atoms with E-state index in [1.807, 2.05) is 0 Å². The number of epoxide rings is 1. The third-order valence-corrected chi connectivity index (χ3v) is 3.60. The largest absolute Gasteiger partial charge is 0.366 e. The Balaban J connectivity index is 1.74. The van der Waals surface area contributed by atoms with Crippen LogP contribution >= 0.6 is 0 Å². The van der Waals surface area contributed by atoms with Gasteiger partial charge in [0.05, 0.1) is 11.7 Å². The summed E-state index contributed by atoms with van der Waals surface area (Å²) >= 11 is 0. The summed E-state index contributed by atoms with van der Waals surface area (Å²) in [6.45, 7) is 4.55. The summed E-state index contributed by atoms with van der Waals surface area (Å²) in [5, 5.41) is 0. The Hall–Kier alpha value is -0.0400. The molecule has 0 aromatic heterocycles. The molecular weight excluding hydrogens is 148 g/mol. The van der Waals surface area contributed by atoms with Crippen LogP contribution in [0.1, 0.15) is 52.4 Å². The molecular formula is C11H20O. The standard InChI is InChI=1S/C11H20O/c1-3-4-5-9-6-7-11(2)10(8-9)12-11/h9-10H,3-8H2,1-2H3. The van der Waals surface area contributed by atoms with Crippen LogP contribution < -0.4 is 0 Å². The van der Waals surface area contributed by atoms with Gasteiger partial charge in [-0.3, -0.25) is 0 Å². The quantitative estimate of drug-likeness (QED) is 0.590. The number of unbranched alkanes of at least 4 members (excludes halogenated alkanes) is 1. The van der Waals surface area contributed by atoms with Gasteiger partial charge in [-0.05, 0) is 32.1 Å². The van der Waals surface area contributed by atoms with E-state index in [1.165, 1.54) is 38.5 Å². The minimum Gasteiger partial charge on any atom is -0.366 e. The smallest absolute Gasteiger partial charge is 0.0920 e. The van der Waals surface area contributed by atoms with Gasteiger partial charge in [-0.2, -0.15) is 0 Å². The maximum atomic E-state index is 5.68. The topological polar surface area (TPSA) is 12.5 Å². The van der Waals surface area contributed by atoms with E-state index in [2.05, 4.69) is 13.8 Å². The molecule has 1 nitrogen and oxygen atoms in total. The first-order chi connectivity index (χ1) is 5.74. The van der Waals surface area contributed by atoms with Gasteiger partial charge in [0.1, 0.15) is 0 Å². The Labute approximate surface area is 75.5 Å². The predicted molar refractivity (Wildman–Crippen MR) is 50.1 cm³/mol. The Bertz CT molecular complexity index is 166. The van der Waals surface area contributed by atoms with Crippen molar-refractivity contribution in [1.29, 1.82) is 0 Å². The van der Waals surface area contributed by atoms with Crippen molar-refractivity contribution in [2.24, 2.45) is 5.92 Å². The van der Waals surface area contributed by atoms with Crippen LogP contribution in [0.3, 0.4) is 0 Å². The fraction of sp³-hybridized carbons (Fsp3) is 1.00. The average molecular weight is 168 g/mol. The van der Waals surface area contributed by atoms with E-state index in [0.717, 1.165) is 5.92 Å². The summed E-state index contributed by atoms with van der Waals surface area (Å²) in [6, 6.07) is 0. The first-order valence-electron chi connectivity index (χ1n) is 5.42. The van der Waals surface area contributed by atoms with E-state index in [0.29, 0.717) is 11.7 Å². The molecule has 0 radical (unpaired) electrons. The molecule has 0 bridgehead atoms. The summed E-state index contributed by atoms with van der Waals surface area (Å²) in [4.78, 5) is 0. The zero-order valence-corrected chi connectivity index (χ0v) is 8.31. The van der Waals surface area contributed by atoms with Gasteiger partial charge in [0.2, 0.25) is 0 Å². The van der Waals surface area contributed by atoms with E-state index in [-0.39, 0.29) is 0 Å². The lowest BCUT2D eigenvalue weighted by Gasteiger charge is -2.21. The summed E-state index contributed by atoms with van der Waals surface area (Å²) in [7, 11) is 0. The molecule has 2 fully saturated rings. The average Bonchev–Trinajstić information content (AvgIpc) is 2.72. The molecule has 2 rings (SSSR count). The van der Waals surface area contributed by atoms with Crippen molar-refractivity contribution in [3.05, 3.63) is 0 Å². The number of rotatable bonds is 3. The van der Waals surface area contributed by atoms with Crippen LogP contribution in [0.2, 0.25) is 0 Å². The predicted octanol–water partition coefficient (Wildman–Crippen LogP) is 3.13. The minimum atomic E-state index is 0.322. The molecule has 3 atom stereocenters. The highest BCUT2D eigenvalue weighted by molar-refractivity contribution is 5.03. The van der Waals surface area contributed by atoms with Crippen molar-refractivity contribution in [2.45, 2.75) is 64.1 Å². The van der Waals surface area contributed by atoms with Gasteiger partial charge < -0.3 is 4.74 Å². The lowest BCUT2D eigenvalue weighted by molar-refractivity contribution is 0.298. The van der Waals surface area contributed by atoms with Crippen LogP contribution in [0, 0.1) is 5.92 Å². The lowest BCUT2D eigenvalue weighted by Crippen LogP contribution is -2.21. The molecule has 1 saturated carbocycles. The molecule has 1 heterocycles. The van der Waals surface area contributed by atoms with Gasteiger partial charge in [-0.15, -0.1) is 0 Å². The Kier molecular flexibility index (Phi) is 2.16. The Morgan fingerprint density at radius 3 is 3.00 bits per heavy atom. The van der Waals surface area contributed by atoms with E-state index in [4.69, 9.17) is 4.74 Å². The molecule has 2 aliphatic rings. The summed E-state index contributed by atoms with van der Waals surface area (Å²) in [6.07, 6.45) is 8.89. The fourth-order valence-corrected chi connectivity index (χ4v) is 2.47. The normalized spacial score (nSPS) is 45.5. The van der Waals surface area contributed by atoms with E-state index >= 15 is 0 Å². The highest BCUT2D eigenvalue weighted by Crippen LogP contribution is 2.50. The van der Waals surface area contributed by atoms with Gasteiger partial charge in [-0.25, -0.2) is 0 Å². The van der Waals surface area contributed by atoms with Crippen molar-refractivity contribution in [2.75, 3.05) is 0 Å². The molecule has 12 heavy (non-hydrogen) atoms. The maximum absolute atomic E-state index is 5.68. The molecule has 3 unspecified atom stereocenters. The molecule has 0 aromatic carbocycles. The van der Waals surface area contributed by atoms with Gasteiger partial charge >= 0.3 is 0 Å². The maximum Gasteiger partial charge on any atom is 0.0920 e. The Morgan fingerprint density at radius 2 is 2.33 bits per heavy atom. The summed E-state index contributed by atoms with van der Waals surface area (Å²) in [5.74, 6) is 0.977. The van der Waals surface area contributed by atoms with Crippen LogP contribution in [-0.2, 0) is 4.74 Å². The summed E-state index contributed by atoms with van der Waals surface area (Å²) < 4.78 is 5.68. The van der Waals surface area contributed by atoms with Gasteiger partial charge in [0, 0.05) is 0 Å². The van der Waals surface area contributed by atoms with E-state index in [9.17, 15) is 0 Å². The summed E-state index contributed by atoms with van der Waals surface area (Å²) in [5.41, 5.74) is 0.322. The van der Waals surface area contributed by atoms with E-state index in [1.54, 1.807) is 0 Å². The van der Waals surface area contributed by atoms with Crippen molar-refractivity contribution in [1.82, 2.24) is 0 Å². The molecule has 1 heteroatoms. The molecule has 0 aromatic rings. The number of hydrogen-bond acceptors (Lipinski definition) is 1. The molecule has 1 aliphatic carbocycles. The van der Waals surface area contributed by atoms with Crippen molar-refractivity contribution in [3.8, 4) is 0 Å².